The second kappa shape index (κ2) is 7.78. The highest BCUT2D eigenvalue weighted by atomic mass is 16.3. The van der Waals surface area contributed by atoms with Crippen molar-refractivity contribution in [2.24, 2.45) is 11.8 Å². The summed E-state index contributed by atoms with van der Waals surface area (Å²) < 4.78 is 5.59. The molecular weight excluding hydrogens is 354 g/mol. The monoisotopic (exact) mass is 381 g/mol. The van der Waals surface area contributed by atoms with Gasteiger partial charge in [0, 0.05) is 11.6 Å². The summed E-state index contributed by atoms with van der Waals surface area (Å²) >= 11 is 0. The van der Waals surface area contributed by atoms with Gasteiger partial charge in [-0.1, -0.05) is 32.4 Å². The van der Waals surface area contributed by atoms with Crippen LogP contribution in [0.4, 0.5) is 5.69 Å². The number of fused-ring (bicyclic) bond motifs is 1. The average molecular weight is 381 g/mol. The van der Waals surface area contributed by atoms with Crippen LogP contribution in [0.5, 0.6) is 0 Å². The highest BCUT2D eigenvalue weighted by Crippen LogP contribution is 2.30. The predicted octanol–water partition coefficient (Wildman–Crippen LogP) is 4.03. The van der Waals surface area contributed by atoms with Crippen molar-refractivity contribution in [1.29, 1.82) is 0 Å². The van der Waals surface area contributed by atoms with Crippen molar-refractivity contribution in [2.45, 2.75) is 58.4 Å². The van der Waals surface area contributed by atoms with Crippen LogP contribution in [0.25, 0.3) is 0 Å². The Morgan fingerprint density at radius 1 is 1.18 bits per heavy atom. The van der Waals surface area contributed by atoms with Gasteiger partial charge in [-0.25, -0.2) is 4.98 Å². The van der Waals surface area contributed by atoms with Gasteiger partial charge in [0.25, 0.3) is 5.91 Å². The summed E-state index contributed by atoms with van der Waals surface area (Å²) in [5.74, 6) is 0.346. The maximum atomic E-state index is 12.7. The molecule has 148 valence electrons. The summed E-state index contributed by atoms with van der Waals surface area (Å²) in [5, 5.41) is 6.01. The number of amides is 2. The Morgan fingerprint density at radius 3 is 2.71 bits per heavy atom. The fourth-order valence-electron chi connectivity index (χ4n) is 3.91. The van der Waals surface area contributed by atoms with Gasteiger partial charge in [-0.15, -0.1) is 0 Å². The standard InChI is InChI=1S/C22H27N3O3/c1-13(2)19(25-20(26)15-8-3-9-15)22-24-18(12-28-22)21(27)23-17-11-5-7-14-6-4-10-16(14)17/h5,7,11-13,15,19H,3-4,6,8-10H2,1-2H3,(H,23,27)(H,25,26)/t19-/m1/s1. The lowest BCUT2D eigenvalue weighted by Crippen LogP contribution is -2.38. The summed E-state index contributed by atoms with van der Waals surface area (Å²) in [5.41, 5.74) is 3.60. The first kappa shape index (κ1) is 18.7. The van der Waals surface area contributed by atoms with Crippen LogP contribution in [-0.4, -0.2) is 16.8 Å². The minimum atomic E-state index is -0.337. The fourth-order valence-corrected chi connectivity index (χ4v) is 3.91. The van der Waals surface area contributed by atoms with Crippen molar-refractivity contribution in [3.8, 4) is 0 Å². The predicted molar refractivity (Wildman–Crippen MR) is 106 cm³/mol. The number of carbonyl (C=O) groups is 2. The lowest BCUT2D eigenvalue weighted by molar-refractivity contribution is -0.128. The largest absolute Gasteiger partial charge is 0.446 e. The van der Waals surface area contributed by atoms with Crippen LogP contribution >= 0.6 is 0 Å². The Balaban J connectivity index is 1.47. The van der Waals surface area contributed by atoms with Crippen LogP contribution in [0, 0.1) is 11.8 Å². The van der Waals surface area contributed by atoms with E-state index in [-0.39, 0.29) is 35.4 Å². The lowest BCUT2D eigenvalue weighted by Gasteiger charge is -2.27. The van der Waals surface area contributed by atoms with Crippen LogP contribution in [0.3, 0.4) is 0 Å². The second-order valence-corrected chi connectivity index (χ2v) is 8.18. The van der Waals surface area contributed by atoms with Crippen LogP contribution < -0.4 is 10.6 Å². The molecule has 1 aromatic carbocycles. The first-order valence-corrected chi connectivity index (χ1v) is 10.2. The van der Waals surface area contributed by atoms with E-state index >= 15 is 0 Å². The average Bonchev–Trinajstić information content (AvgIpc) is 3.27. The molecule has 28 heavy (non-hydrogen) atoms. The summed E-state index contributed by atoms with van der Waals surface area (Å²) in [6.07, 6.45) is 7.53. The maximum absolute atomic E-state index is 12.7. The van der Waals surface area contributed by atoms with Gasteiger partial charge in [0.1, 0.15) is 12.3 Å². The minimum Gasteiger partial charge on any atom is -0.446 e. The Hall–Kier alpha value is -2.63. The van der Waals surface area contributed by atoms with E-state index in [1.54, 1.807) is 0 Å². The third-order valence-corrected chi connectivity index (χ3v) is 5.86. The topological polar surface area (TPSA) is 84.2 Å². The molecule has 0 spiro atoms. The molecule has 6 heteroatoms. The Kier molecular flexibility index (Phi) is 5.20. The van der Waals surface area contributed by atoms with Crippen molar-refractivity contribution in [3.63, 3.8) is 0 Å². The quantitative estimate of drug-likeness (QED) is 0.791. The molecule has 0 unspecified atom stereocenters. The van der Waals surface area contributed by atoms with Crippen LogP contribution in [0.15, 0.2) is 28.9 Å². The normalized spacial score (nSPS) is 17.1. The third-order valence-electron chi connectivity index (χ3n) is 5.86. The lowest BCUT2D eigenvalue weighted by atomic mass is 9.84. The number of rotatable bonds is 6. The summed E-state index contributed by atoms with van der Waals surface area (Å²) in [7, 11) is 0. The molecule has 2 amide bonds. The van der Waals surface area contributed by atoms with Gasteiger partial charge in [0.2, 0.25) is 11.8 Å². The zero-order valence-electron chi connectivity index (χ0n) is 16.5. The number of carbonyl (C=O) groups excluding carboxylic acids is 2. The SMILES string of the molecule is CC(C)[C@@H](NC(=O)C1CCC1)c1nc(C(=O)Nc2cccc3c2CCC3)co1. The van der Waals surface area contributed by atoms with Crippen LogP contribution in [0.2, 0.25) is 0 Å². The molecule has 0 bridgehead atoms. The van der Waals surface area contributed by atoms with Gasteiger partial charge in [0.05, 0.1) is 0 Å². The van der Waals surface area contributed by atoms with Gasteiger partial charge in [-0.3, -0.25) is 9.59 Å². The number of aryl methyl sites for hydroxylation is 1. The number of nitrogens with one attached hydrogen (secondary N) is 2. The molecule has 0 saturated heterocycles. The van der Waals surface area contributed by atoms with E-state index in [4.69, 9.17) is 4.42 Å². The summed E-state index contributed by atoms with van der Waals surface area (Å²) in [6, 6.07) is 5.68. The van der Waals surface area contributed by atoms with Crippen molar-refractivity contribution < 1.29 is 14.0 Å². The number of nitrogens with zero attached hydrogens (tertiary/aromatic N) is 1. The molecule has 1 saturated carbocycles. The molecule has 0 aliphatic heterocycles. The van der Waals surface area contributed by atoms with Crippen LogP contribution in [-0.2, 0) is 17.6 Å². The Morgan fingerprint density at radius 2 is 2.00 bits per heavy atom. The van der Waals surface area contributed by atoms with Gasteiger partial charge >= 0.3 is 0 Å². The second-order valence-electron chi connectivity index (χ2n) is 8.18. The molecular formula is C22H27N3O3. The van der Waals surface area contributed by atoms with E-state index in [0.29, 0.717) is 5.89 Å². The molecule has 2 N–H and O–H groups in total. The van der Waals surface area contributed by atoms with Crippen LogP contribution in [0.1, 0.15) is 73.1 Å². The zero-order valence-corrected chi connectivity index (χ0v) is 16.5. The van der Waals surface area contributed by atoms with E-state index in [9.17, 15) is 9.59 Å². The summed E-state index contributed by atoms with van der Waals surface area (Å²) in [4.78, 5) is 29.4. The summed E-state index contributed by atoms with van der Waals surface area (Å²) in [6.45, 7) is 4.01. The molecule has 2 aliphatic carbocycles. The first-order chi connectivity index (χ1) is 13.5. The van der Waals surface area contributed by atoms with Crippen molar-refractivity contribution in [3.05, 3.63) is 47.2 Å². The first-order valence-electron chi connectivity index (χ1n) is 10.2. The number of anilines is 1. The number of benzene rings is 1. The molecule has 1 fully saturated rings. The molecule has 1 heterocycles. The maximum Gasteiger partial charge on any atom is 0.277 e. The van der Waals surface area contributed by atoms with Gasteiger partial charge in [-0.05, 0) is 55.2 Å². The molecule has 4 rings (SSSR count). The highest BCUT2D eigenvalue weighted by molar-refractivity contribution is 6.03. The fraction of sp³-hybridized carbons (Fsp3) is 0.500. The molecule has 1 atom stereocenters. The molecule has 0 radical (unpaired) electrons. The number of hydrogen-bond acceptors (Lipinski definition) is 4. The van der Waals surface area contributed by atoms with Gasteiger partial charge < -0.3 is 15.1 Å². The molecule has 6 nitrogen and oxygen atoms in total. The molecule has 2 aliphatic rings. The number of hydrogen-bond donors (Lipinski definition) is 2. The van der Waals surface area contributed by atoms with Crippen molar-refractivity contribution in [1.82, 2.24) is 10.3 Å². The van der Waals surface area contributed by atoms with E-state index in [1.165, 1.54) is 17.4 Å². The van der Waals surface area contributed by atoms with E-state index < -0.39 is 0 Å². The van der Waals surface area contributed by atoms with Gasteiger partial charge in [-0.2, -0.15) is 0 Å². The molecule has 1 aromatic heterocycles. The van der Waals surface area contributed by atoms with E-state index in [1.807, 2.05) is 26.0 Å². The van der Waals surface area contributed by atoms with Crippen molar-refractivity contribution in [2.75, 3.05) is 5.32 Å². The highest BCUT2D eigenvalue weighted by Gasteiger charge is 2.30. The third kappa shape index (κ3) is 3.68. The van der Waals surface area contributed by atoms with E-state index in [2.05, 4.69) is 21.7 Å². The number of aromatic nitrogens is 1. The Labute approximate surface area is 165 Å². The zero-order chi connectivity index (χ0) is 19.7. The number of oxazole rings is 1. The Bertz CT molecular complexity index is 883. The van der Waals surface area contributed by atoms with E-state index in [0.717, 1.165) is 44.2 Å². The van der Waals surface area contributed by atoms with Crippen molar-refractivity contribution >= 4 is 17.5 Å². The van der Waals surface area contributed by atoms with Gasteiger partial charge in [0.15, 0.2) is 5.69 Å². The smallest absolute Gasteiger partial charge is 0.277 e. The minimum absolute atomic E-state index is 0.0500. The molecule has 2 aromatic rings.